The fourth-order valence-electron chi connectivity index (χ4n) is 1.83. The number of benzene rings is 1. The van der Waals surface area contributed by atoms with E-state index in [4.69, 9.17) is 0 Å². The summed E-state index contributed by atoms with van der Waals surface area (Å²) in [6.45, 7) is 2.38. The zero-order valence-corrected chi connectivity index (χ0v) is 12.4. The number of aliphatic hydroxyl groups excluding tert-OH is 1. The van der Waals surface area contributed by atoms with Crippen LogP contribution in [0.1, 0.15) is 30.6 Å². The SMILES string of the molecule is CCC(O)c1cnn(Cc2ccc([N+](=O)[O-])cc2Br)c1. The van der Waals surface area contributed by atoms with E-state index in [2.05, 4.69) is 21.0 Å². The van der Waals surface area contributed by atoms with E-state index in [1.807, 2.05) is 6.92 Å². The lowest BCUT2D eigenvalue weighted by Crippen LogP contribution is -2.01. The highest BCUT2D eigenvalue weighted by molar-refractivity contribution is 9.10. The smallest absolute Gasteiger partial charge is 0.270 e. The molecule has 20 heavy (non-hydrogen) atoms. The van der Waals surface area contributed by atoms with Crippen LogP contribution in [0.5, 0.6) is 0 Å². The molecule has 0 spiro atoms. The van der Waals surface area contributed by atoms with Gasteiger partial charge in [0.1, 0.15) is 0 Å². The minimum Gasteiger partial charge on any atom is -0.388 e. The molecule has 0 amide bonds. The van der Waals surface area contributed by atoms with Gasteiger partial charge in [-0.05, 0) is 18.1 Å². The first-order valence-electron chi connectivity index (χ1n) is 6.14. The van der Waals surface area contributed by atoms with Gasteiger partial charge in [0.15, 0.2) is 0 Å². The van der Waals surface area contributed by atoms with Gasteiger partial charge in [0.25, 0.3) is 5.69 Å². The van der Waals surface area contributed by atoms with Crippen molar-refractivity contribution in [2.24, 2.45) is 0 Å². The molecule has 0 bridgehead atoms. The predicted octanol–water partition coefficient (Wildman–Crippen LogP) is 3.05. The third kappa shape index (κ3) is 3.23. The lowest BCUT2D eigenvalue weighted by molar-refractivity contribution is -0.384. The number of aliphatic hydroxyl groups is 1. The standard InChI is InChI=1S/C13H14BrN3O3/c1-2-13(18)10-6-15-16(8-10)7-9-3-4-11(17(19)20)5-12(9)14/h3-6,8,13,18H,2,7H2,1H3. The first kappa shape index (κ1) is 14.7. The Hall–Kier alpha value is -1.73. The van der Waals surface area contributed by atoms with Gasteiger partial charge in [-0.2, -0.15) is 5.10 Å². The number of nitro groups is 1. The number of non-ortho nitro benzene ring substituents is 1. The van der Waals surface area contributed by atoms with Crippen LogP contribution in [0.4, 0.5) is 5.69 Å². The van der Waals surface area contributed by atoms with Crippen molar-refractivity contribution in [1.29, 1.82) is 0 Å². The fourth-order valence-corrected chi connectivity index (χ4v) is 2.32. The van der Waals surface area contributed by atoms with E-state index in [1.54, 1.807) is 23.1 Å². The molecular weight excluding hydrogens is 326 g/mol. The lowest BCUT2D eigenvalue weighted by atomic mass is 10.1. The third-order valence-electron chi connectivity index (χ3n) is 3.00. The molecule has 106 valence electrons. The van der Waals surface area contributed by atoms with Crippen molar-refractivity contribution in [2.45, 2.75) is 26.0 Å². The van der Waals surface area contributed by atoms with Crippen molar-refractivity contribution in [3.05, 3.63) is 56.3 Å². The van der Waals surface area contributed by atoms with Crippen molar-refractivity contribution < 1.29 is 10.0 Å². The van der Waals surface area contributed by atoms with E-state index in [0.717, 1.165) is 11.1 Å². The molecular formula is C13H14BrN3O3. The van der Waals surface area contributed by atoms with Crippen LogP contribution in [-0.2, 0) is 6.54 Å². The monoisotopic (exact) mass is 339 g/mol. The Kier molecular flexibility index (Phi) is 4.51. The maximum Gasteiger partial charge on any atom is 0.270 e. The number of hydrogen-bond acceptors (Lipinski definition) is 4. The van der Waals surface area contributed by atoms with Gasteiger partial charge >= 0.3 is 0 Å². The summed E-state index contributed by atoms with van der Waals surface area (Å²) in [7, 11) is 0. The van der Waals surface area contributed by atoms with Crippen LogP contribution < -0.4 is 0 Å². The molecule has 0 aliphatic carbocycles. The van der Waals surface area contributed by atoms with E-state index in [1.165, 1.54) is 12.1 Å². The van der Waals surface area contributed by atoms with Crippen LogP contribution in [0, 0.1) is 10.1 Å². The van der Waals surface area contributed by atoms with Crippen LogP contribution in [0.2, 0.25) is 0 Å². The Morgan fingerprint density at radius 3 is 2.90 bits per heavy atom. The van der Waals surface area contributed by atoms with E-state index in [-0.39, 0.29) is 5.69 Å². The number of aromatic nitrogens is 2. The second-order valence-electron chi connectivity index (χ2n) is 4.43. The van der Waals surface area contributed by atoms with Gasteiger partial charge in [-0.25, -0.2) is 0 Å². The van der Waals surface area contributed by atoms with E-state index < -0.39 is 11.0 Å². The van der Waals surface area contributed by atoms with Crippen LogP contribution >= 0.6 is 15.9 Å². The third-order valence-corrected chi connectivity index (χ3v) is 3.74. The van der Waals surface area contributed by atoms with Gasteiger partial charge in [0, 0.05) is 28.4 Å². The summed E-state index contributed by atoms with van der Waals surface area (Å²) in [5.41, 5.74) is 1.70. The Labute approximate surface area is 124 Å². The molecule has 0 saturated carbocycles. The molecule has 0 fully saturated rings. The Morgan fingerprint density at radius 1 is 1.55 bits per heavy atom. The average molecular weight is 340 g/mol. The van der Waals surface area contributed by atoms with Crippen molar-refractivity contribution >= 4 is 21.6 Å². The molecule has 6 nitrogen and oxygen atoms in total. The first-order chi connectivity index (χ1) is 9.51. The fraction of sp³-hybridized carbons (Fsp3) is 0.308. The molecule has 1 atom stereocenters. The number of rotatable bonds is 5. The minimum absolute atomic E-state index is 0.0446. The summed E-state index contributed by atoms with van der Waals surface area (Å²) in [6.07, 6.45) is 3.53. The van der Waals surface area contributed by atoms with Crippen molar-refractivity contribution in [3.63, 3.8) is 0 Å². The summed E-state index contributed by atoms with van der Waals surface area (Å²) < 4.78 is 2.36. The first-order valence-corrected chi connectivity index (χ1v) is 6.93. The normalized spacial score (nSPS) is 12.3. The van der Waals surface area contributed by atoms with Gasteiger partial charge < -0.3 is 5.11 Å². The minimum atomic E-state index is -0.510. The maximum atomic E-state index is 10.7. The van der Waals surface area contributed by atoms with Crippen LogP contribution in [0.15, 0.2) is 35.1 Å². The summed E-state index contributed by atoms with van der Waals surface area (Å²) >= 11 is 3.33. The van der Waals surface area contributed by atoms with Crippen molar-refractivity contribution in [3.8, 4) is 0 Å². The number of nitrogens with zero attached hydrogens (tertiary/aromatic N) is 3. The van der Waals surface area contributed by atoms with Crippen LogP contribution in [0.3, 0.4) is 0 Å². The lowest BCUT2D eigenvalue weighted by Gasteiger charge is -2.05. The topological polar surface area (TPSA) is 81.2 Å². The summed E-state index contributed by atoms with van der Waals surface area (Å²) in [5.74, 6) is 0. The molecule has 0 saturated heterocycles. The van der Waals surface area contributed by atoms with Crippen LogP contribution in [-0.4, -0.2) is 19.8 Å². The quantitative estimate of drug-likeness (QED) is 0.670. The molecule has 7 heteroatoms. The summed E-state index contributed by atoms with van der Waals surface area (Å²) in [5, 5.41) is 24.6. The van der Waals surface area contributed by atoms with Crippen LogP contribution in [0.25, 0.3) is 0 Å². The molecule has 1 unspecified atom stereocenters. The average Bonchev–Trinajstić information content (AvgIpc) is 2.88. The molecule has 1 N–H and O–H groups in total. The molecule has 1 heterocycles. The summed E-state index contributed by atoms with van der Waals surface area (Å²) in [6, 6.07) is 4.63. The highest BCUT2D eigenvalue weighted by Gasteiger charge is 2.11. The van der Waals surface area contributed by atoms with Crippen molar-refractivity contribution in [1.82, 2.24) is 9.78 Å². The molecule has 0 radical (unpaired) electrons. The zero-order chi connectivity index (χ0) is 14.7. The zero-order valence-electron chi connectivity index (χ0n) is 10.9. The van der Waals surface area contributed by atoms with E-state index >= 15 is 0 Å². The van der Waals surface area contributed by atoms with Crippen molar-refractivity contribution in [2.75, 3.05) is 0 Å². The van der Waals surface area contributed by atoms with E-state index in [0.29, 0.717) is 17.4 Å². The predicted molar refractivity (Wildman–Crippen MR) is 77.4 cm³/mol. The molecule has 0 aliphatic heterocycles. The molecule has 2 aromatic rings. The Morgan fingerprint density at radius 2 is 2.30 bits per heavy atom. The Bertz CT molecular complexity index is 627. The van der Waals surface area contributed by atoms with E-state index in [9.17, 15) is 15.2 Å². The second kappa shape index (κ2) is 6.15. The second-order valence-corrected chi connectivity index (χ2v) is 5.28. The maximum absolute atomic E-state index is 10.7. The number of halogens is 1. The Balaban J connectivity index is 2.18. The largest absolute Gasteiger partial charge is 0.388 e. The van der Waals surface area contributed by atoms with Gasteiger partial charge in [-0.1, -0.05) is 22.9 Å². The number of nitro benzene ring substituents is 1. The van der Waals surface area contributed by atoms with Gasteiger partial charge in [0.2, 0.25) is 0 Å². The number of hydrogen-bond donors (Lipinski definition) is 1. The molecule has 0 aliphatic rings. The molecule has 1 aromatic heterocycles. The molecule has 1 aromatic carbocycles. The highest BCUT2D eigenvalue weighted by atomic mass is 79.9. The molecule has 2 rings (SSSR count). The van der Waals surface area contributed by atoms with Gasteiger partial charge in [-0.15, -0.1) is 0 Å². The van der Waals surface area contributed by atoms with Gasteiger partial charge in [-0.3, -0.25) is 14.8 Å². The van der Waals surface area contributed by atoms with Gasteiger partial charge in [0.05, 0.1) is 23.8 Å². The highest BCUT2D eigenvalue weighted by Crippen LogP contribution is 2.24. The summed E-state index contributed by atoms with van der Waals surface area (Å²) in [4.78, 5) is 10.2.